The predicted octanol–water partition coefficient (Wildman–Crippen LogP) is -0.00650. The Morgan fingerprint density at radius 1 is 1.40 bits per heavy atom. The number of nitrogens with zero attached hydrogens (tertiary/aromatic N) is 1. The van der Waals surface area contributed by atoms with E-state index < -0.39 is 5.79 Å². The van der Waals surface area contributed by atoms with Crippen LogP contribution >= 0.6 is 0 Å². The molecule has 0 saturated carbocycles. The van der Waals surface area contributed by atoms with E-state index in [-0.39, 0.29) is 24.2 Å². The maximum atomic E-state index is 11.5. The number of carbonyl (C=O) groups is 1. The van der Waals surface area contributed by atoms with Crippen molar-refractivity contribution in [3.8, 4) is 0 Å². The van der Waals surface area contributed by atoms with Gasteiger partial charge in [-0.25, -0.2) is 0 Å². The fourth-order valence-corrected chi connectivity index (χ4v) is 1.74. The molecule has 15 heavy (non-hydrogen) atoms. The van der Waals surface area contributed by atoms with Crippen molar-refractivity contribution in [2.75, 3.05) is 20.7 Å². The summed E-state index contributed by atoms with van der Waals surface area (Å²) >= 11 is 0. The van der Waals surface area contributed by atoms with Gasteiger partial charge in [0.1, 0.15) is 12.2 Å². The Labute approximate surface area is 89.3 Å². The first-order valence-electron chi connectivity index (χ1n) is 5.09. The van der Waals surface area contributed by atoms with Crippen LogP contribution in [0.1, 0.15) is 13.8 Å². The Hall–Kier alpha value is -0.650. The van der Waals surface area contributed by atoms with E-state index in [1.54, 1.807) is 14.1 Å². The van der Waals surface area contributed by atoms with Gasteiger partial charge in [-0.3, -0.25) is 4.79 Å². The molecule has 0 aliphatic carbocycles. The third kappa shape index (κ3) is 2.14. The van der Waals surface area contributed by atoms with Crippen LogP contribution in [0.3, 0.4) is 0 Å². The molecular weight excluding hydrogens is 198 g/mol. The van der Waals surface area contributed by atoms with E-state index >= 15 is 0 Å². The first-order valence-corrected chi connectivity index (χ1v) is 5.09. The number of hydrogen-bond acceptors (Lipinski definition) is 4. The van der Waals surface area contributed by atoms with Crippen LogP contribution in [0.2, 0.25) is 0 Å². The van der Waals surface area contributed by atoms with Crippen molar-refractivity contribution >= 4 is 5.91 Å². The molecule has 0 spiro atoms. The van der Waals surface area contributed by atoms with E-state index in [0.717, 1.165) is 0 Å². The second-order valence-electron chi connectivity index (χ2n) is 4.62. The molecule has 2 aliphatic heterocycles. The summed E-state index contributed by atoms with van der Waals surface area (Å²) in [6.45, 7) is 4.21. The van der Waals surface area contributed by atoms with Gasteiger partial charge in [-0.15, -0.1) is 0 Å². The first kappa shape index (κ1) is 10.9. The van der Waals surface area contributed by atoms with Crippen molar-refractivity contribution < 1.29 is 19.0 Å². The van der Waals surface area contributed by atoms with Gasteiger partial charge < -0.3 is 19.1 Å². The minimum absolute atomic E-state index is 0.00620. The monoisotopic (exact) mass is 215 g/mol. The van der Waals surface area contributed by atoms with Crippen molar-refractivity contribution in [1.82, 2.24) is 4.90 Å². The molecule has 5 heteroatoms. The van der Waals surface area contributed by atoms with Crippen molar-refractivity contribution in [3.63, 3.8) is 0 Å². The molecule has 2 rings (SSSR count). The molecule has 1 amide bonds. The summed E-state index contributed by atoms with van der Waals surface area (Å²) in [5, 5.41) is 0. The van der Waals surface area contributed by atoms with Gasteiger partial charge in [0.15, 0.2) is 11.9 Å². The molecule has 0 unspecified atom stereocenters. The summed E-state index contributed by atoms with van der Waals surface area (Å²) in [6.07, 6.45) is -0.599. The van der Waals surface area contributed by atoms with Crippen molar-refractivity contribution in [2.45, 2.75) is 37.9 Å². The first-order chi connectivity index (χ1) is 6.91. The fraction of sp³-hybridized carbons (Fsp3) is 0.900. The molecule has 2 heterocycles. The Bertz CT molecular complexity index is 277. The van der Waals surface area contributed by atoms with Crippen LogP contribution in [0.5, 0.6) is 0 Å². The summed E-state index contributed by atoms with van der Waals surface area (Å²) in [5.74, 6) is -0.559. The molecular formula is C10H17NO4. The Kier molecular flexibility index (Phi) is 2.48. The smallest absolute Gasteiger partial charge is 0.254 e. The van der Waals surface area contributed by atoms with Crippen molar-refractivity contribution in [3.05, 3.63) is 0 Å². The average molecular weight is 215 g/mol. The number of ether oxygens (including phenoxy) is 3. The highest BCUT2D eigenvalue weighted by Crippen LogP contribution is 2.35. The molecule has 3 atom stereocenters. The zero-order chi connectivity index (χ0) is 11.2. The van der Waals surface area contributed by atoms with Crippen LogP contribution in [-0.4, -0.2) is 55.6 Å². The van der Waals surface area contributed by atoms with Crippen LogP contribution in [0, 0.1) is 0 Å². The van der Waals surface area contributed by atoms with Crippen LogP contribution in [0.15, 0.2) is 0 Å². The molecule has 0 bridgehead atoms. The number of carbonyl (C=O) groups excluding carboxylic acids is 1. The average Bonchev–Trinajstić information content (AvgIpc) is 2.84. The summed E-state index contributed by atoms with van der Waals surface area (Å²) in [4.78, 5) is 13.1. The standard InChI is InChI=1S/C10H17NO4/c1-10(2)13-5-6(15-10)7-8(14-7)9(12)11(3)4/h6-8H,5H2,1-4H3/t6-,7+,8+/m1/s1. The van der Waals surface area contributed by atoms with E-state index in [0.29, 0.717) is 6.61 Å². The van der Waals surface area contributed by atoms with E-state index in [1.807, 2.05) is 13.8 Å². The number of likely N-dealkylation sites (N-methyl/N-ethyl adjacent to an activating group) is 1. The third-order valence-corrected chi connectivity index (χ3v) is 2.61. The maximum Gasteiger partial charge on any atom is 0.254 e. The topological polar surface area (TPSA) is 51.3 Å². The lowest BCUT2D eigenvalue weighted by Gasteiger charge is -2.16. The van der Waals surface area contributed by atoms with Crippen molar-refractivity contribution in [2.24, 2.45) is 0 Å². The third-order valence-electron chi connectivity index (χ3n) is 2.61. The second-order valence-corrected chi connectivity index (χ2v) is 4.62. The number of epoxide rings is 1. The molecule has 86 valence electrons. The highest BCUT2D eigenvalue weighted by molar-refractivity contribution is 5.83. The molecule has 0 radical (unpaired) electrons. The van der Waals surface area contributed by atoms with Crippen LogP contribution in [0.25, 0.3) is 0 Å². The maximum absolute atomic E-state index is 11.5. The van der Waals surface area contributed by atoms with Crippen LogP contribution in [-0.2, 0) is 19.0 Å². The largest absolute Gasteiger partial charge is 0.356 e. The SMILES string of the molecule is CN(C)C(=O)[C@H]1O[C@H]1[C@H]1COC(C)(C)O1. The number of hydrogen-bond donors (Lipinski definition) is 0. The van der Waals surface area contributed by atoms with Gasteiger partial charge in [0.2, 0.25) is 0 Å². The lowest BCUT2D eigenvalue weighted by Crippen LogP contribution is -2.31. The lowest BCUT2D eigenvalue weighted by atomic mass is 10.2. The molecule has 2 fully saturated rings. The highest BCUT2D eigenvalue weighted by Gasteiger charge is 2.54. The molecule has 0 N–H and O–H groups in total. The molecule has 2 saturated heterocycles. The van der Waals surface area contributed by atoms with Gasteiger partial charge in [0.25, 0.3) is 5.91 Å². The molecule has 0 aromatic carbocycles. The second kappa shape index (κ2) is 3.43. The molecule has 5 nitrogen and oxygen atoms in total. The lowest BCUT2D eigenvalue weighted by molar-refractivity contribution is -0.140. The van der Waals surface area contributed by atoms with Gasteiger partial charge in [-0.05, 0) is 13.8 Å². The van der Waals surface area contributed by atoms with Gasteiger partial charge in [0, 0.05) is 14.1 Å². The van der Waals surface area contributed by atoms with Gasteiger partial charge in [-0.2, -0.15) is 0 Å². The van der Waals surface area contributed by atoms with E-state index in [1.165, 1.54) is 4.90 Å². The van der Waals surface area contributed by atoms with E-state index in [4.69, 9.17) is 14.2 Å². The fourth-order valence-electron chi connectivity index (χ4n) is 1.74. The molecule has 2 aliphatic rings. The quantitative estimate of drug-likeness (QED) is 0.608. The zero-order valence-electron chi connectivity index (χ0n) is 9.52. The van der Waals surface area contributed by atoms with Crippen molar-refractivity contribution in [1.29, 1.82) is 0 Å². The van der Waals surface area contributed by atoms with Gasteiger partial charge in [0.05, 0.1) is 6.61 Å². The van der Waals surface area contributed by atoms with Gasteiger partial charge in [-0.1, -0.05) is 0 Å². The zero-order valence-corrected chi connectivity index (χ0v) is 9.52. The van der Waals surface area contributed by atoms with Crippen LogP contribution < -0.4 is 0 Å². The Morgan fingerprint density at radius 3 is 2.53 bits per heavy atom. The van der Waals surface area contributed by atoms with E-state index in [2.05, 4.69) is 0 Å². The molecule has 0 aromatic rings. The number of rotatable bonds is 2. The minimum atomic E-state index is -0.553. The van der Waals surface area contributed by atoms with E-state index in [9.17, 15) is 4.79 Å². The van der Waals surface area contributed by atoms with Crippen LogP contribution in [0.4, 0.5) is 0 Å². The van der Waals surface area contributed by atoms with Gasteiger partial charge >= 0.3 is 0 Å². The number of amides is 1. The summed E-state index contributed by atoms with van der Waals surface area (Å²) in [7, 11) is 3.44. The Balaban J connectivity index is 1.87. The Morgan fingerprint density at radius 2 is 2.07 bits per heavy atom. The molecule has 0 aromatic heterocycles. The summed E-state index contributed by atoms with van der Waals surface area (Å²) in [5.41, 5.74) is 0. The summed E-state index contributed by atoms with van der Waals surface area (Å²) in [6, 6.07) is 0. The minimum Gasteiger partial charge on any atom is -0.356 e. The highest BCUT2D eigenvalue weighted by atomic mass is 16.8. The normalized spacial score (nSPS) is 37.7. The predicted molar refractivity (Wildman–Crippen MR) is 52.3 cm³/mol. The summed E-state index contributed by atoms with van der Waals surface area (Å²) < 4.78 is 16.4.